The lowest BCUT2D eigenvalue weighted by Gasteiger charge is -2.50. The maximum atomic E-state index is 13.3. The van der Waals surface area contributed by atoms with E-state index in [2.05, 4.69) is 33.1 Å². The minimum Gasteiger partial charge on any atom is -0.365 e. The highest BCUT2D eigenvalue weighted by atomic mass is 32.1. The van der Waals surface area contributed by atoms with E-state index in [1.165, 1.54) is 5.57 Å². The molecule has 3 N–H and O–H groups in total. The fraction of sp³-hybridized carbons (Fsp3) is 0.533. The molecule has 0 radical (unpaired) electrons. The number of dihydropyridines is 1. The molecule has 4 amide bonds. The molecule has 2 saturated heterocycles. The summed E-state index contributed by atoms with van der Waals surface area (Å²) in [6.07, 6.45) is 15.0. The van der Waals surface area contributed by atoms with Gasteiger partial charge in [-0.2, -0.15) is 0 Å². The second-order valence-corrected chi connectivity index (χ2v) is 13.5. The SMILES string of the molecule is CC(C)(C)NC(=O)N1CCC2(CC1)CC1=CC(/C=C/C(=O)N3CC=C(Cc4nccs4)CC3)=CNC1(C)NC2=O. The highest BCUT2D eigenvalue weighted by Gasteiger charge is 2.51. The first-order valence-electron chi connectivity index (χ1n) is 14.1. The van der Waals surface area contributed by atoms with E-state index in [4.69, 9.17) is 0 Å². The highest BCUT2D eigenvalue weighted by molar-refractivity contribution is 7.09. The van der Waals surface area contributed by atoms with Crippen molar-refractivity contribution in [3.05, 3.63) is 63.8 Å². The molecule has 4 aliphatic rings. The van der Waals surface area contributed by atoms with Crippen LogP contribution in [0.4, 0.5) is 4.79 Å². The normalized spacial score (nSPS) is 24.5. The number of hydrogen-bond acceptors (Lipinski definition) is 6. The quantitative estimate of drug-likeness (QED) is 0.383. The molecule has 5 rings (SSSR count). The third-order valence-electron chi connectivity index (χ3n) is 8.27. The third kappa shape index (κ3) is 6.16. The van der Waals surface area contributed by atoms with E-state index in [1.807, 2.05) is 61.3 Å². The molecule has 40 heavy (non-hydrogen) atoms. The Labute approximate surface area is 240 Å². The van der Waals surface area contributed by atoms with Crippen LogP contribution in [0.2, 0.25) is 0 Å². The third-order valence-corrected chi connectivity index (χ3v) is 9.05. The summed E-state index contributed by atoms with van der Waals surface area (Å²) in [6.45, 7) is 10.3. The Bertz CT molecular complexity index is 1280. The molecule has 2 fully saturated rings. The lowest BCUT2D eigenvalue weighted by atomic mass is 9.67. The minimum atomic E-state index is -0.657. The van der Waals surface area contributed by atoms with Crippen LogP contribution in [0.15, 0.2) is 58.8 Å². The van der Waals surface area contributed by atoms with Gasteiger partial charge in [0.1, 0.15) is 5.66 Å². The Hall–Kier alpha value is -3.40. The van der Waals surface area contributed by atoms with Gasteiger partial charge in [0.15, 0.2) is 0 Å². The minimum absolute atomic E-state index is 0.00786. The largest absolute Gasteiger partial charge is 0.365 e. The molecule has 1 aromatic rings. The zero-order valence-electron chi connectivity index (χ0n) is 23.9. The molecule has 1 atom stereocenters. The molecule has 0 saturated carbocycles. The van der Waals surface area contributed by atoms with Crippen LogP contribution in [-0.4, -0.2) is 70.0 Å². The van der Waals surface area contributed by atoms with Gasteiger partial charge in [-0.05, 0) is 70.6 Å². The number of urea groups is 1. The number of nitrogens with zero attached hydrogens (tertiary/aromatic N) is 3. The van der Waals surface area contributed by atoms with Gasteiger partial charge in [-0.15, -0.1) is 11.3 Å². The average Bonchev–Trinajstić information content (AvgIpc) is 3.41. The molecule has 5 heterocycles. The number of aromatic nitrogens is 1. The number of likely N-dealkylation sites (tertiary alicyclic amines) is 1. The number of carbonyl (C=O) groups excluding carboxylic acids is 3. The number of amides is 4. The van der Waals surface area contributed by atoms with E-state index in [0.717, 1.165) is 29.0 Å². The molecule has 4 aliphatic heterocycles. The van der Waals surface area contributed by atoms with E-state index in [-0.39, 0.29) is 23.4 Å². The van der Waals surface area contributed by atoms with Crippen molar-refractivity contribution in [2.24, 2.45) is 5.41 Å². The second kappa shape index (κ2) is 10.9. The van der Waals surface area contributed by atoms with Gasteiger partial charge in [0, 0.05) is 62.0 Å². The summed E-state index contributed by atoms with van der Waals surface area (Å²) in [6, 6.07) is -0.0816. The lowest BCUT2D eigenvalue weighted by molar-refractivity contribution is -0.138. The molecule has 10 heteroatoms. The van der Waals surface area contributed by atoms with Crippen molar-refractivity contribution in [1.82, 2.24) is 30.7 Å². The molecule has 9 nitrogen and oxygen atoms in total. The Morgan fingerprint density at radius 2 is 1.98 bits per heavy atom. The van der Waals surface area contributed by atoms with E-state index in [0.29, 0.717) is 45.4 Å². The predicted octanol–water partition coefficient (Wildman–Crippen LogP) is 3.64. The zero-order valence-corrected chi connectivity index (χ0v) is 24.7. The van der Waals surface area contributed by atoms with E-state index in [1.54, 1.807) is 17.4 Å². The predicted molar refractivity (Wildman–Crippen MR) is 156 cm³/mol. The molecule has 214 valence electrons. The van der Waals surface area contributed by atoms with Crippen molar-refractivity contribution < 1.29 is 14.4 Å². The molecule has 0 aliphatic carbocycles. The number of rotatable bonds is 4. The fourth-order valence-corrected chi connectivity index (χ4v) is 6.44. The standard InChI is InChI=1S/C30H40N6O3S/c1-28(2,3)34-27(39)36-14-9-30(10-15-36)19-23-17-22(20-32-29(23,4)33-26(30)38)5-6-25(37)35-12-7-21(8-13-35)18-24-31-11-16-40-24/h5-7,11,16-17,20,32H,8-10,12-15,18-19H2,1-4H3,(H,33,38)(H,34,39)/b6-5+. The van der Waals surface area contributed by atoms with Crippen molar-refractivity contribution in [2.75, 3.05) is 26.2 Å². The molecule has 0 aromatic carbocycles. The molecule has 0 bridgehead atoms. The van der Waals surface area contributed by atoms with Gasteiger partial charge in [-0.1, -0.05) is 17.7 Å². The summed E-state index contributed by atoms with van der Waals surface area (Å²) in [7, 11) is 0. The summed E-state index contributed by atoms with van der Waals surface area (Å²) in [4.78, 5) is 46.9. The highest BCUT2D eigenvalue weighted by Crippen LogP contribution is 2.45. The van der Waals surface area contributed by atoms with Crippen LogP contribution in [0.1, 0.15) is 58.4 Å². The summed E-state index contributed by atoms with van der Waals surface area (Å²) in [5.41, 5.74) is 1.82. The number of fused-ring (bicyclic) bond motifs is 1. The van der Waals surface area contributed by atoms with E-state index < -0.39 is 11.1 Å². The molecule has 1 aromatic heterocycles. The number of hydrogen-bond donors (Lipinski definition) is 3. The number of thiazole rings is 1. The van der Waals surface area contributed by atoms with Crippen LogP contribution in [0.25, 0.3) is 0 Å². The Morgan fingerprint density at radius 1 is 1.20 bits per heavy atom. The fourth-order valence-electron chi connectivity index (χ4n) is 5.77. The van der Waals surface area contributed by atoms with Crippen LogP contribution in [0, 0.1) is 5.41 Å². The molecule has 1 unspecified atom stereocenters. The first-order chi connectivity index (χ1) is 18.9. The number of piperidine rings is 2. The van der Waals surface area contributed by atoms with Gasteiger partial charge in [-0.25, -0.2) is 9.78 Å². The van der Waals surface area contributed by atoms with Crippen LogP contribution in [-0.2, 0) is 16.0 Å². The Kier molecular flexibility index (Phi) is 7.65. The van der Waals surface area contributed by atoms with Gasteiger partial charge < -0.3 is 25.8 Å². The van der Waals surface area contributed by atoms with Gasteiger partial charge in [-0.3, -0.25) is 9.59 Å². The van der Waals surface area contributed by atoms with E-state index >= 15 is 0 Å². The maximum Gasteiger partial charge on any atom is 0.317 e. The summed E-state index contributed by atoms with van der Waals surface area (Å²) < 4.78 is 0. The second-order valence-electron chi connectivity index (χ2n) is 12.5. The van der Waals surface area contributed by atoms with Crippen molar-refractivity contribution in [1.29, 1.82) is 0 Å². The van der Waals surface area contributed by atoms with Gasteiger partial charge in [0.05, 0.1) is 10.4 Å². The van der Waals surface area contributed by atoms with Crippen molar-refractivity contribution in [3.8, 4) is 0 Å². The molecular formula is C30H40N6O3S. The number of allylic oxidation sites excluding steroid dienone is 3. The van der Waals surface area contributed by atoms with Crippen LogP contribution >= 0.6 is 11.3 Å². The number of nitrogens with one attached hydrogen (secondary N) is 3. The lowest BCUT2D eigenvalue weighted by Crippen LogP contribution is -2.66. The monoisotopic (exact) mass is 564 g/mol. The average molecular weight is 565 g/mol. The van der Waals surface area contributed by atoms with Crippen molar-refractivity contribution >= 4 is 29.2 Å². The molecule has 1 spiro atoms. The summed E-state index contributed by atoms with van der Waals surface area (Å²) in [5, 5.41) is 12.7. The summed E-state index contributed by atoms with van der Waals surface area (Å²) in [5.74, 6) is 0.0250. The molecular weight excluding hydrogens is 524 g/mol. The maximum absolute atomic E-state index is 13.3. The number of carbonyl (C=O) groups is 3. The van der Waals surface area contributed by atoms with Crippen LogP contribution < -0.4 is 16.0 Å². The van der Waals surface area contributed by atoms with Crippen LogP contribution in [0.5, 0.6) is 0 Å². The van der Waals surface area contributed by atoms with Gasteiger partial charge >= 0.3 is 6.03 Å². The topological polar surface area (TPSA) is 107 Å². The Balaban J connectivity index is 1.20. The smallest absolute Gasteiger partial charge is 0.317 e. The van der Waals surface area contributed by atoms with Crippen molar-refractivity contribution in [2.45, 2.75) is 71.0 Å². The summed E-state index contributed by atoms with van der Waals surface area (Å²) >= 11 is 1.66. The Morgan fingerprint density at radius 3 is 2.62 bits per heavy atom. The van der Waals surface area contributed by atoms with Crippen molar-refractivity contribution in [3.63, 3.8) is 0 Å². The first-order valence-corrected chi connectivity index (χ1v) is 14.9. The van der Waals surface area contributed by atoms with Crippen LogP contribution in [0.3, 0.4) is 0 Å². The van der Waals surface area contributed by atoms with E-state index in [9.17, 15) is 14.4 Å². The van der Waals surface area contributed by atoms with Gasteiger partial charge in [0.2, 0.25) is 11.8 Å². The van der Waals surface area contributed by atoms with Gasteiger partial charge in [0.25, 0.3) is 0 Å². The first kappa shape index (κ1) is 28.1. The zero-order chi connectivity index (χ0) is 28.5.